The summed E-state index contributed by atoms with van der Waals surface area (Å²) >= 11 is 0. The van der Waals surface area contributed by atoms with Gasteiger partial charge in [0.15, 0.2) is 0 Å². The molecule has 1 aromatic carbocycles. The molecule has 4 heteroatoms. The van der Waals surface area contributed by atoms with Crippen molar-refractivity contribution in [3.05, 3.63) is 29.6 Å². The fourth-order valence-corrected chi connectivity index (χ4v) is 3.26. The summed E-state index contributed by atoms with van der Waals surface area (Å²) < 4.78 is 19.5. The Hall–Kier alpha value is -1.13. The van der Waals surface area contributed by atoms with Crippen LogP contribution in [-0.4, -0.2) is 38.7 Å². The van der Waals surface area contributed by atoms with E-state index in [1.165, 1.54) is 25.3 Å². The molecule has 21 heavy (non-hydrogen) atoms. The van der Waals surface area contributed by atoms with Crippen LogP contribution in [0.4, 0.5) is 4.39 Å². The molecule has 1 aliphatic heterocycles. The minimum atomic E-state index is -0.167. The topological polar surface area (TPSA) is 24.5 Å². The van der Waals surface area contributed by atoms with Crippen molar-refractivity contribution in [1.82, 2.24) is 10.2 Å². The van der Waals surface area contributed by atoms with Gasteiger partial charge in [-0.25, -0.2) is 4.39 Å². The second-order valence-corrected chi connectivity index (χ2v) is 5.90. The summed E-state index contributed by atoms with van der Waals surface area (Å²) in [6, 6.07) is 5.13. The number of nitrogens with zero attached hydrogens (tertiary/aromatic N) is 1. The van der Waals surface area contributed by atoms with Crippen LogP contribution >= 0.6 is 0 Å². The van der Waals surface area contributed by atoms with Crippen molar-refractivity contribution in [2.24, 2.45) is 5.92 Å². The van der Waals surface area contributed by atoms with Crippen LogP contribution in [0.1, 0.15) is 37.8 Å². The molecule has 0 aliphatic carbocycles. The van der Waals surface area contributed by atoms with Gasteiger partial charge < -0.3 is 10.1 Å². The SMILES string of the molecule is CNCCC1CCN(C(C)c2c(F)cccc2OC)CC1. The van der Waals surface area contributed by atoms with Crippen LogP contribution in [0.15, 0.2) is 18.2 Å². The second-order valence-electron chi connectivity index (χ2n) is 5.90. The molecule has 2 rings (SSSR count). The molecule has 1 aromatic rings. The Bertz CT molecular complexity index is 444. The summed E-state index contributed by atoms with van der Waals surface area (Å²) in [6.45, 7) is 5.23. The van der Waals surface area contributed by atoms with Gasteiger partial charge in [-0.2, -0.15) is 0 Å². The van der Waals surface area contributed by atoms with Crippen LogP contribution in [0.5, 0.6) is 5.75 Å². The van der Waals surface area contributed by atoms with Crippen molar-refractivity contribution < 1.29 is 9.13 Å². The summed E-state index contributed by atoms with van der Waals surface area (Å²) in [4.78, 5) is 2.37. The van der Waals surface area contributed by atoms with Crippen molar-refractivity contribution in [3.8, 4) is 5.75 Å². The van der Waals surface area contributed by atoms with Crippen molar-refractivity contribution in [2.75, 3.05) is 33.8 Å². The monoisotopic (exact) mass is 294 g/mol. The van der Waals surface area contributed by atoms with E-state index in [1.807, 2.05) is 13.1 Å². The number of nitrogens with one attached hydrogen (secondary N) is 1. The maximum absolute atomic E-state index is 14.2. The Kier molecular flexibility index (Phi) is 6.00. The van der Waals surface area contributed by atoms with Gasteiger partial charge in [0.1, 0.15) is 11.6 Å². The van der Waals surface area contributed by atoms with Crippen LogP contribution in [-0.2, 0) is 0 Å². The molecule has 0 saturated carbocycles. The first-order valence-corrected chi connectivity index (χ1v) is 7.88. The normalized spacial score (nSPS) is 18.7. The van der Waals surface area contributed by atoms with Crippen LogP contribution in [0, 0.1) is 11.7 Å². The maximum atomic E-state index is 14.2. The highest BCUT2D eigenvalue weighted by molar-refractivity contribution is 5.37. The second kappa shape index (κ2) is 7.76. The van der Waals surface area contributed by atoms with Gasteiger partial charge in [-0.15, -0.1) is 0 Å². The first-order chi connectivity index (χ1) is 10.2. The number of piperidine rings is 1. The Morgan fingerprint density at radius 3 is 2.71 bits per heavy atom. The number of likely N-dealkylation sites (tertiary alicyclic amines) is 1. The van der Waals surface area contributed by atoms with Gasteiger partial charge >= 0.3 is 0 Å². The minimum Gasteiger partial charge on any atom is -0.496 e. The summed E-state index contributed by atoms with van der Waals surface area (Å²) in [5.74, 6) is 1.28. The van der Waals surface area contributed by atoms with E-state index in [-0.39, 0.29) is 11.9 Å². The largest absolute Gasteiger partial charge is 0.496 e. The van der Waals surface area contributed by atoms with Crippen LogP contribution in [0.3, 0.4) is 0 Å². The van der Waals surface area contributed by atoms with Crippen molar-refractivity contribution in [3.63, 3.8) is 0 Å². The highest BCUT2D eigenvalue weighted by atomic mass is 19.1. The van der Waals surface area contributed by atoms with Crippen molar-refractivity contribution in [2.45, 2.75) is 32.2 Å². The third kappa shape index (κ3) is 3.95. The average Bonchev–Trinajstić information content (AvgIpc) is 2.52. The molecule has 0 radical (unpaired) electrons. The number of methoxy groups -OCH3 is 1. The van der Waals surface area contributed by atoms with E-state index in [0.29, 0.717) is 11.3 Å². The van der Waals surface area contributed by atoms with Crippen molar-refractivity contribution in [1.29, 1.82) is 0 Å². The van der Waals surface area contributed by atoms with Gasteiger partial charge in [0.25, 0.3) is 0 Å². The number of hydrogen-bond acceptors (Lipinski definition) is 3. The molecular weight excluding hydrogens is 267 g/mol. The highest BCUT2D eigenvalue weighted by Gasteiger charge is 2.26. The summed E-state index contributed by atoms with van der Waals surface area (Å²) in [7, 11) is 3.61. The third-order valence-corrected chi connectivity index (χ3v) is 4.65. The van der Waals surface area contributed by atoms with Crippen LogP contribution < -0.4 is 10.1 Å². The van der Waals surface area contributed by atoms with E-state index >= 15 is 0 Å². The summed E-state index contributed by atoms with van der Waals surface area (Å²) in [5.41, 5.74) is 0.689. The number of rotatable bonds is 6. The predicted octanol–water partition coefficient (Wildman–Crippen LogP) is 3.22. The molecule has 0 aromatic heterocycles. The van der Waals surface area contributed by atoms with E-state index in [4.69, 9.17) is 4.74 Å². The third-order valence-electron chi connectivity index (χ3n) is 4.65. The Morgan fingerprint density at radius 1 is 1.38 bits per heavy atom. The van der Waals surface area contributed by atoms with E-state index < -0.39 is 0 Å². The highest BCUT2D eigenvalue weighted by Crippen LogP contribution is 2.34. The Morgan fingerprint density at radius 2 is 2.10 bits per heavy atom. The Labute approximate surface area is 127 Å². The zero-order valence-electron chi connectivity index (χ0n) is 13.4. The van der Waals surface area contributed by atoms with E-state index in [0.717, 1.165) is 25.6 Å². The molecule has 0 amide bonds. The molecule has 0 spiro atoms. The molecule has 3 nitrogen and oxygen atoms in total. The van der Waals surface area contributed by atoms with Gasteiger partial charge in [-0.1, -0.05) is 6.07 Å². The van der Waals surface area contributed by atoms with Gasteiger partial charge in [-0.05, 0) is 70.9 Å². The lowest BCUT2D eigenvalue weighted by atomic mass is 9.91. The lowest BCUT2D eigenvalue weighted by molar-refractivity contribution is 0.133. The zero-order valence-corrected chi connectivity index (χ0v) is 13.4. The molecule has 0 bridgehead atoms. The van der Waals surface area contributed by atoms with E-state index in [1.54, 1.807) is 13.2 Å². The fraction of sp³-hybridized carbons (Fsp3) is 0.647. The molecule has 1 atom stereocenters. The molecule has 1 unspecified atom stereocenters. The first-order valence-electron chi connectivity index (χ1n) is 7.88. The van der Waals surface area contributed by atoms with Gasteiger partial charge in [0, 0.05) is 11.6 Å². The zero-order chi connectivity index (χ0) is 15.2. The molecule has 1 heterocycles. The number of benzene rings is 1. The molecule has 1 aliphatic rings. The van der Waals surface area contributed by atoms with E-state index in [9.17, 15) is 4.39 Å². The maximum Gasteiger partial charge on any atom is 0.131 e. The fourth-order valence-electron chi connectivity index (χ4n) is 3.26. The van der Waals surface area contributed by atoms with Gasteiger partial charge in [0.2, 0.25) is 0 Å². The van der Waals surface area contributed by atoms with Crippen molar-refractivity contribution >= 4 is 0 Å². The molecular formula is C17H27FN2O. The smallest absolute Gasteiger partial charge is 0.131 e. The lowest BCUT2D eigenvalue weighted by Crippen LogP contribution is -2.36. The minimum absolute atomic E-state index is 0.0615. The van der Waals surface area contributed by atoms with Crippen LogP contribution in [0.2, 0.25) is 0 Å². The van der Waals surface area contributed by atoms with Gasteiger partial charge in [0.05, 0.1) is 7.11 Å². The molecule has 1 N–H and O–H groups in total. The quantitative estimate of drug-likeness (QED) is 0.872. The number of halogens is 1. The average molecular weight is 294 g/mol. The number of hydrogen-bond donors (Lipinski definition) is 1. The molecule has 1 saturated heterocycles. The number of ether oxygens (including phenoxy) is 1. The summed E-state index contributed by atoms with van der Waals surface area (Å²) in [5, 5.41) is 3.22. The van der Waals surface area contributed by atoms with Gasteiger partial charge in [-0.3, -0.25) is 4.90 Å². The summed E-state index contributed by atoms with van der Waals surface area (Å²) in [6.07, 6.45) is 3.63. The first kappa shape index (κ1) is 16.2. The van der Waals surface area contributed by atoms with E-state index in [2.05, 4.69) is 17.1 Å². The molecule has 1 fully saturated rings. The standard InChI is InChI=1S/C17H27FN2O/c1-13(17-15(18)5-4-6-16(17)21-3)20-11-8-14(9-12-20)7-10-19-2/h4-6,13-14,19H,7-12H2,1-3H3. The van der Waals surface area contributed by atoms with Crippen LogP contribution in [0.25, 0.3) is 0 Å². The predicted molar refractivity (Wildman–Crippen MR) is 84.2 cm³/mol. The molecule has 118 valence electrons. The lowest BCUT2D eigenvalue weighted by Gasteiger charge is -2.36. The Balaban J connectivity index is 2.00.